The highest BCUT2D eigenvalue weighted by Crippen LogP contribution is 2.24. The van der Waals surface area contributed by atoms with Gasteiger partial charge in [0.15, 0.2) is 0 Å². The van der Waals surface area contributed by atoms with Gasteiger partial charge in [-0.1, -0.05) is 24.3 Å². The number of benzene rings is 3. The monoisotopic (exact) mass is 418 g/mol. The third-order valence-corrected chi connectivity index (χ3v) is 5.14. The normalized spacial score (nSPS) is 11.0. The van der Waals surface area contributed by atoms with E-state index in [9.17, 15) is 14.7 Å². The van der Waals surface area contributed by atoms with Crippen molar-refractivity contribution in [1.82, 2.24) is 10.0 Å². The van der Waals surface area contributed by atoms with Crippen molar-refractivity contribution in [3.63, 3.8) is 0 Å². The van der Waals surface area contributed by atoms with E-state index in [0.717, 1.165) is 21.9 Å². The smallest absolute Gasteiger partial charge is 0.258 e. The number of nitrogens with one attached hydrogen (secondary N) is 1. The maximum atomic E-state index is 12.8. The SMILES string of the molecule is O=C(Cc1ccc2ccn(CCCOc3ccc4cc(O)ccc4c3)c(=O)c2c1)NO. The average molecular weight is 418 g/mol. The molecule has 31 heavy (non-hydrogen) atoms. The van der Waals surface area contributed by atoms with Gasteiger partial charge in [0.1, 0.15) is 11.5 Å². The largest absolute Gasteiger partial charge is 0.508 e. The van der Waals surface area contributed by atoms with E-state index in [1.807, 2.05) is 30.3 Å². The molecule has 158 valence electrons. The molecule has 1 aromatic heterocycles. The highest BCUT2D eigenvalue weighted by Gasteiger charge is 2.07. The summed E-state index contributed by atoms with van der Waals surface area (Å²) in [5.74, 6) is 0.430. The van der Waals surface area contributed by atoms with Gasteiger partial charge in [0.25, 0.3) is 5.56 Å². The Morgan fingerprint density at radius 2 is 1.74 bits per heavy atom. The van der Waals surface area contributed by atoms with E-state index in [2.05, 4.69) is 0 Å². The predicted molar refractivity (Wildman–Crippen MR) is 118 cm³/mol. The maximum Gasteiger partial charge on any atom is 0.258 e. The molecule has 1 amide bonds. The van der Waals surface area contributed by atoms with Crippen molar-refractivity contribution >= 4 is 27.5 Å². The standard InChI is InChI=1S/C24H22N2O5/c27-20-6-4-19-15-21(7-5-18(19)14-20)31-11-1-9-26-10-8-17-3-2-16(13-23(28)25-30)12-22(17)24(26)29/h2-8,10,12,14-15,27,30H,1,9,11,13H2,(H,25,28). The second-order valence-electron chi connectivity index (χ2n) is 7.34. The molecule has 0 saturated heterocycles. The van der Waals surface area contributed by atoms with Crippen LogP contribution in [0.5, 0.6) is 11.5 Å². The van der Waals surface area contributed by atoms with Crippen LogP contribution in [0.15, 0.2) is 71.7 Å². The first kappa shape index (κ1) is 20.4. The first-order valence-electron chi connectivity index (χ1n) is 9.94. The summed E-state index contributed by atoms with van der Waals surface area (Å²) in [4.78, 5) is 24.2. The van der Waals surface area contributed by atoms with Crippen LogP contribution in [-0.2, 0) is 17.8 Å². The first-order valence-corrected chi connectivity index (χ1v) is 9.94. The van der Waals surface area contributed by atoms with E-state index in [-0.39, 0.29) is 17.7 Å². The minimum Gasteiger partial charge on any atom is -0.508 e. The van der Waals surface area contributed by atoms with Gasteiger partial charge < -0.3 is 14.4 Å². The molecule has 0 aliphatic heterocycles. The van der Waals surface area contributed by atoms with Crippen molar-refractivity contribution in [2.45, 2.75) is 19.4 Å². The van der Waals surface area contributed by atoms with Gasteiger partial charge in [-0.25, -0.2) is 5.48 Å². The molecule has 4 rings (SSSR count). The van der Waals surface area contributed by atoms with Crippen LogP contribution in [-0.4, -0.2) is 27.4 Å². The number of aromatic nitrogens is 1. The lowest BCUT2D eigenvalue weighted by atomic mass is 10.1. The fourth-order valence-electron chi connectivity index (χ4n) is 3.56. The number of aromatic hydroxyl groups is 1. The number of carbonyl (C=O) groups is 1. The number of phenols is 1. The number of phenolic OH excluding ortho intramolecular Hbond substituents is 1. The van der Waals surface area contributed by atoms with Crippen molar-refractivity contribution in [3.05, 3.63) is 82.8 Å². The Bertz CT molecular complexity index is 1310. The van der Waals surface area contributed by atoms with Crippen LogP contribution in [0.1, 0.15) is 12.0 Å². The molecule has 0 aliphatic carbocycles. The molecule has 1 heterocycles. The molecule has 0 atom stereocenters. The fraction of sp³-hybridized carbons (Fsp3) is 0.167. The van der Waals surface area contributed by atoms with E-state index in [1.165, 1.54) is 0 Å². The highest BCUT2D eigenvalue weighted by molar-refractivity contribution is 5.85. The third-order valence-electron chi connectivity index (χ3n) is 5.14. The maximum absolute atomic E-state index is 12.8. The average Bonchev–Trinajstić information content (AvgIpc) is 2.78. The predicted octanol–water partition coefficient (Wildman–Crippen LogP) is 3.38. The highest BCUT2D eigenvalue weighted by atomic mass is 16.5. The van der Waals surface area contributed by atoms with E-state index >= 15 is 0 Å². The lowest BCUT2D eigenvalue weighted by molar-refractivity contribution is -0.128. The quantitative estimate of drug-likeness (QED) is 0.243. The zero-order valence-electron chi connectivity index (χ0n) is 16.7. The summed E-state index contributed by atoms with van der Waals surface area (Å²) in [6, 6.07) is 18.0. The summed E-state index contributed by atoms with van der Waals surface area (Å²) in [5.41, 5.74) is 2.12. The van der Waals surface area contributed by atoms with Crippen LogP contribution in [0.2, 0.25) is 0 Å². The Kier molecular flexibility index (Phi) is 5.86. The molecule has 0 unspecified atom stereocenters. The number of aryl methyl sites for hydroxylation is 1. The van der Waals surface area contributed by atoms with Crippen LogP contribution in [0.25, 0.3) is 21.5 Å². The number of pyridine rings is 1. The minimum atomic E-state index is -0.529. The van der Waals surface area contributed by atoms with Gasteiger partial charge in [0.05, 0.1) is 13.0 Å². The Morgan fingerprint density at radius 3 is 2.58 bits per heavy atom. The fourth-order valence-corrected chi connectivity index (χ4v) is 3.56. The molecular weight excluding hydrogens is 396 g/mol. The summed E-state index contributed by atoms with van der Waals surface area (Å²) in [7, 11) is 0. The molecule has 0 radical (unpaired) electrons. The molecule has 4 aromatic rings. The molecule has 0 fully saturated rings. The second kappa shape index (κ2) is 8.89. The van der Waals surface area contributed by atoms with E-state index in [1.54, 1.807) is 46.6 Å². The molecule has 7 nitrogen and oxygen atoms in total. The second-order valence-corrected chi connectivity index (χ2v) is 7.34. The number of hydrogen-bond donors (Lipinski definition) is 3. The van der Waals surface area contributed by atoms with Gasteiger partial charge in [-0.15, -0.1) is 0 Å². The van der Waals surface area contributed by atoms with Crippen molar-refractivity contribution in [2.24, 2.45) is 0 Å². The number of rotatable bonds is 7. The van der Waals surface area contributed by atoms with Crippen LogP contribution < -0.4 is 15.8 Å². The molecule has 3 aromatic carbocycles. The molecule has 3 N–H and O–H groups in total. The third kappa shape index (κ3) is 4.67. The van der Waals surface area contributed by atoms with Crippen LogP contribution in [0, 0.1) is 0 Å². The van der Waals surface area contributed by atoms with Gasteiger partial charge >= 0.3 is 0 Å². The van der Waals surface area contributed by atoms with Crippen LogP contribution in [0.3, 0.4) is 0 Å². The molecule has 0 spiro atoms. The van der Waals surface area contributed by atoms with Crippen molar-refractivity contribution in [1.29, 1.82) is 0 Å². The molecule has 0 saturated carbocycles. The van der Waals surface area contributed by atoms with Crippen molar-refractivity contribution in [2.75, 3.05) is 6.61 Å². The summed E-state index contributed by atoms with van der Waals surface area (Å²) in [5, 5.41) is 21.5. The van der Waals surface area contributed by atoms with Crippen LogP contribution >= 0.6 is 0 Å². The van der Waals surface area contributed by atoms with Crippen molar-refractivity contribution < 1.29 is 19.8 Å². The van der Waals surface area contributed by atoms with Gasteiger partial charge in [-0.2, -0.15) is 0 Å². The van der Waals surface area contributed by atoms with E-state index in [0.29, 0.717) is 30.5 Å². The summed E-state index contributed by atoms with van der Waals surface area (Å²) >= 11 is 0. The Morgan fingerprint density at radius 1 is 0.968 bits per heavy atom. The number of carbonyl (C=O) groups excluding carboxylic acids is 1. The van der Waals surface area contributed by atoms with Gasteiger partial charge in [-0.3, -0.25) is 14.8 Å². The number of nitrogens with zero attached hydrogens (tertiary/aromatic N) is 1. The molecular formula is C24H22N2O5. The zero-order chi connectivity index (χ0) is 21.8. The lowest BCUT2D eigenvalue weighted by Crippen LogP contribution is -2.22. The molecule has 0 aliphatic rings. The number of amides is 1. The number of ether oxygens (including phenoxy) is 1. The van der Waals surface area contributed by atoms with Crippen molar-refractivity contribution in [3.8, 4) is 11.5 Å². The first-order chi connectivity index (χ1) is 15.0. The number of hydroxylamine groups is 1. The minimum absolute atomic E-state index is 0.0000107. The topological polar surface area (TPSA) is 101 Å². The van der Waals surface area contributed by atoms with Gasteiger partial charge in [0.2, 0.25) is 5.91 Å². The molecule has 7 heteroatoms. The summed E-state index contributed by atoms with van der Waals surface area (Å²) in [6.07, 6.45) is 2.40. The lowest BCUT2D eigenvalue weighted by Gasteiger charge is -2.10. The number of hydrogen-bond acceptors (Lipinski definition) is 5. The van der Waals surface area contributed by atoms with Gasteiger partial charge in [-0.05, 0) is 64.5 Å². The summed E-state index contributed by atoms with van der Waals surface area (Å²) in [6.45, 7) is 0.947. The Labute approximate surface area is 178 Å². The van der Waals surface area contributed by atoms with Gasteiger partial charge in [0, 0.05) is 18.1 Å². The zero-order valence-corrected chi connectivity index (χ0v) is 16.7. The Hall–Kier alpha value is -3.84. The molecule has 0 bridgehead atoms. The van der Waals surface area contributed by atoms with E-state index < -0.39 is 5.91 Å². The summed E-state index contributed by atoms with van der Waals surface area (Å²) < 4.78 is 7.45. The van der Waals surface area contributed by atoms with Crippen LogP contribution in [0.4, 0.5) is 0 Å². The number of fused-ring (bicyclic) bond motifs is 2. The Balaban J connectivity index is 1.41. The van der Waals surface area contributed by atoms with E-state index in [4.69, 9.17) is 9.94 Å².